The molecule has 0 amide bonds. The molecule has 0 N–H and O–H groups in total. The van der Waals surface area contributed by atoms with E-state index in [-0.39, 0.29) is 5.82 Å². The predicted molar refractivity (Wildman–Crippen MR) is 115 cm³/mol. The molecule has 0 aliphatic heterocycles. The van der Waals surface area contributed by atoms with Gasteiger partial charge in [0.15, 0.2) is 0 Å². The van der Waals surface area contributed by atoms with Crippen LogP contribution in [0.4, 0.5) is 4.39 Å². The summed E-state index contributed by atoms with van der Waals surface area (Å²) in [7, 11) is 0. The largest absolute Gasteiger partial charge is 0.488 e. The number of halogens is 4. The van der Waals surface area contributed by atoms with Crippen molar-refractivity contribution in [2.24, 2.45) is 0 Å². The van der Waals surface area contributed by atoms with Crippen LogP contribution in [0.3, 0.4) is 0 Å². The first-order chi connectivity index (χ1) is 13.5. The number of nitriles is 1. The van der Waals surface area contributed by atoms with Gasteiger partial charge in [-0.2, -0.15) is 5.26 Å². The van der Waals surface area contributed by atoms with E-state index in [9.17, 15) is 9.65 Å². The number of rotatable bonds is 5. The summed E-state index contributed by atoms with van der Waals surface area (Å²) in [5, 5.41) is 10.4. The number of ether oxygens (including phenoxy) is 1. The van der Waals surface area contributed by atoms with Crippen molar-refractivity contribution in [1.82, 2.24) is 0 Å². The quantitative estimate of drug-likeness (QED) is 0.281. The molecule has 0 saturated carbocycles. The zero-order valence-corrected chi connectivity index (χ0v) is 17.5. The van der Waals surface area contributed by atoms with E-state index >= 15 is 0 Å². The molecule has 3 aromatic carbocycles. The maximum absolute atomic E-state index is 13.0. The van der Waals surface area contributed by atoms with Crippen molar-refractivity contribution >= 4 is 50.8 Å². The average molecular weight is 477 g/mol. The molecule has 3 aromatic rings. The number of nitrogens with zero attached hydrogens (tertiary/aromatic N) is 1. The van der Waals surface area contributed by atoms with Gasteiger partial charge >= 0.3 is 0 Å². The summed E-state index contributed by atoms with van der Waals surface area (Å²) in [6.45, 7) is 0.317. The highest BCUT2D eigenvalue weighted by Gasteiger charge is 2.09. The van der Waals surface area contributed by atoms with E-state index in [0.29, 0.717) is 33.5 Å². The van der Waals surface area contributed by atoms with E-state index in [1.807, 2.05) is 12.1 Å². The van der Waals surface area contributed by atoms with E-state index in [2.05, 4.69) is 22.0 Å². The number of hydrogen-bond donors (Lipinski definition) is 0. The Bertz CT molecular complexity index is 1070. The van der Waals surface area contributed by atoms with E-state index in [0.717, 1.165) is 15.6 Å². The van der Waals surface area contributed by atoms with Crippen molar-refractivity contribution < 1.29 is 9.13 Å². The van der Waals surface area contributed by atoms with E-state index in [1.54, 1.807) is 42.5 Å². The number of hydrogen-bond acceptors (Lipinski definition) is 2. The van der Waals surface area contributed by atoms with Crippen molar-refractivity contribution in [1.29, 1.82) is 5.26 Å². The van der Waals surface area contributed by atoms with Crippen LogP contribution in [0.15, 0.2) is 65.1 Å². The molecule has 0 spiro atoms. The zero-order valence-electron chi connectivity index (χ0n) is 14.4. The molecule has 0 atom stereocenters. The Kier molecular flexibility index (Phi) is 6.74. The molecule has 28 heavy (non-hydrogen) atoms. The van der Waals surface area contributed by atoms with Gasteiger partial charge in [0.2, 0.25) is 0 Å². The fraction of sp³-hybridized carbons (Fsp3) is 0.0455. The molecule has 0 aliphatic rings. The second kappa shape index (κ2) is 9.25. The van der Waals surface area contributed by atoms with Gasteiger partial charge in [0.25, 0.3) is 0 Å². The summed E-state index contributed by atoms with van der Waals surface area (Å²) in [5.74, 6) is 0.361. The van der Waals surface area contributed by atoms with Crippen LogP contribution in [0.5, 0.6) is 5.75 Å². The number of benzene rings is 3. The molecule has 0 radical (unpaired) electrons. The topological polar surface area (TPSA) is 33.0 Å². The van der Waals surface area contributed by atoms with Crippen LogP contribution in [0.25, 0.3) is 11.6 Å². The van der Waals surface area contributed by atoms with Crippen molar-refractivity contribution in [3.63, 3.8) is 0 Å². The van der Waals surface area contributed by atoms with Crippen LogP contribution in [-0.2, 0) is 6.61 Å². The summed E-state index contributed by atoms with van der Waals surface area (Å²) in [6, 6.07) is 18.8. The Morgan fingerprint density at radius 3 is 2.46 bits per heavy atom. The summed E-state index contributed by atoms with van der Waals surface area (Å²) in [6.07, 6.45) is 1.74. The molecular weight excluding hydrogens is 464 g/mol. The third kappa shape index (κ3) is 5.14. The minimum absolute atomic E-state index is 0.282. The van der Waals surface area contributed by atoms with E-state index in [4.69, 9.17) is 27.9 Å². The van der Waals surface area contributed by atoms with Gasteiger partial charge in [-0.05, 0) is 69.5 Å². The molecule has 0 saturated heterocycles. The third-order valence-corrected chi connectivity index (χ3v) is 5.08. The molecule has 6 heteroatoms. The van der Waals surface area contributed by atoms with Crippen LogP contribution in [0, 0.1) is 17.1 Å². The monoisotopic (exact) mass is 475 g/mol. The lowest BCUT2D eigenvalue weighted by Crippen LogP contribution is -1.96. The second-order valence-corrected chi connectivity index (χ2v) is 7.60. The standard InChI is InChI=1S/C22H13BrCl2FNO/c23-20-10-15(9-16(12-27)19-7-4-17(24)11-21(19)25)3-8-22(20)28-13-14-1-5-18(26)6-2-14/h1-11H,13H2/b16-9+. The smallest absolute Gasteiger partial charge is 0.134 e. The molecule has 0 heterocycles. The van der Waals surface area contributed by atoms with Crippen molar-refractivity contribution in [2.75, 3.05) is 0 Å². The van der Waals surface area contributed by atoms with E-state index in [1.165, 1.54) is 12.1 Å². The molecule has 0 aliphatic carbocycles. The first-order valence-corrected chi connectivity index (χ1v) is 9.75. The van der Waals surface area contributed by atoms with Crippen LogP contribution in [0.1, 0.15) is 16.7 Å². The highest BCUT2D eigenvalue weighted by atomic mass is 79.9. The Hall–Kier alpha value is -2.32. The minimum atomic E-state index is -0.282. The van der Waals surface area contributed by atoms with Crippen LogP contribution in [-0.4, -0.2) is 0 Å². The molecule has 140 valence electrons. The van der Waals surface area contributed by atoms with Gasteiger partial charge in [0.1, 0.15) is 18.2 Å². The summed E-state index contributed by atoms with van der Waals surface area (Å²) >= 11 is 15.6. The van der Waals surface area contributed by atoms with Crippen molar-refractivity contribution in [3.8, 4) is 11.8 Å². The third-order valence-electron chi connectivity index (χ3n) is 3.92. The molecule has 2 nitrogen and oxygen atoms in total. The first kappa shape index (κ1) is 20.4. The molecule has 0 aromatic heterocycles. The first-order valence-electron chi connectivity index (χ1n) is 8.20. The normalized spacial score (nSPS) is 11.2. The highest BCUT2D eigenvalue weighted by Crippen LogP contribution is 2.31. The Labute approximate surface area is 180 Å². The summed E-state index contributed by atoms with van der Waals surface area (Å²) in [4.78, 5) is 0. The molecule has 0 fully saturated rings. The van der Waals surface area contributed by atoms with E-state index < -0.39 is 0 Å². The average Bonchev–Trinajstić information content (AvgIpc) is 2.67. The fourth-order valence-corrected chi connectivity index (χ4v) is 3.53. The van der Waals surface area contributed by atoms with Crippen molar-refractivity contribution in [2.45, 2.75) is 6.61 Å². The highest BCUT2D eigenvalue weighted by molar-refractivity contribution is 9.10. The Balaban J connectivity index is 1.79. The van der Waals surface area contributed by atoms with Crippen LogP contribution < -0.4 is 4.74 Å². The molecule has 3 rings (SSSR count). The van der Waals surface area contributed by atoms with Gasteiger partial charge in [-0.25, -0.2) is 4.39 Å². The molecule has 0 unspecified atom stereocenters. The lowest BCUT2D eigenvalue weighted by atomic mass is 10.0. The maximum Gasteiger partial charge on any atom is 0.134 e. The lowest BCUT2D eigenvalue weighted by Gasteiger charge is -2.09. The van der Waals surface area contributed by atoms with Gasteiger partial charge in [-0.1, -0.05) is 47.5 Å². The lowest BCUT2D eigenvalue weighted by molar-refractivity contribution is 0.304. The Morgan fingerprint density at radius 1 is 1.07 bits per heavy atom. The summed E-state index contributed by atoms with van der Waals surface area (Å²) in [5.41, 5.74) is 2.71. The molecular formula is C22H13BrCl2FNO. The minimum Gasteiger partial charge on any atom is -0.488 e. The second-order valence-electron chi connectivity index (χ2n) is 5.90. The Morgan fingerprint density at radius 2 is 1.82 bits per heavy atom. The fourth-order valence-electron chi connectivity index (χ4n) is 2.51. The van der Waals surface area contributed by atoms with Crippen LogP contribution in [0.2, 0.25) is 10.0 Å². The van der Waals surface area contributed by atoms with Gasteiger partial charge < -0.3 is 4.74 Å². The van der Waals surface area contributed by atoms with Gasteiger partial charge in [-0.3, -0.25) is 0 Å². The van der Waals surface area contributed by atoms with Gasteiger partial charge in [0, 0.05) is 10.6 Å². The van der Waals surface area contributed by atoms with Gasteiger partial charge in [0.05, 0.1) is 21.1 Å². The predicted octanol–water partition coefficient (Wildman–Crippen LogP) is 7.54. The molecule has 0 bridgehead atoms. The zero-order chi connectivity index (χ0) is 20.1. The van der Waals surface area contributed by atoms with Crippen LogP contribution >= 0.6 is 39.1 Å². The summed E-state index contributed by atoms with van der Waals surface area (Å²) < 4.78 is 19.5. The number of allylic oxidation sites excluding steroid dienone is 1. The SMILES string of the molecule is N#C/C(=C\c1ccc(OCc2ccc(F)cc2)c(Br)c1)c1ccc(Cl)cc1Cl. The van der Waals surface area contributed by atoms with Gasteiger partial charge in [-0.15, -0.1) is 0 Å². The van der Waals surface area contributed by atoms with Crippen molar-refractivity contribution in [3.05, 3.63) is 97.7 Å². The maximum atomic E-state index is 13.0.